The first-order valence-electron chi connectivity index (χ1n) is 5.88. The van der Waals surface area contributed by atoms with Gasteiger partial charge in [0, 0.05) is 17.7 Å². The largest absolute Gasteiger partial charge is 0.454 e. The molecule has 0 radical (unpaired) electrons. The molecule has 0 aromatic heterocycles. The standard InChI is InChI=1S/C14H12FNO4/c1-9(17)12-3-2-4-13(15)14(12)20-11-7-5-10(6-8-11)16(18)19/h2-9,17H,1H3/t9-/m1/s1. The molecule has 104 valence electrons. The second kappa shape index (κ2) is 5.66. The van der Waals surface area contributed by atoms with Gasteiger partial charge in [-0.15, -0.1) is 0 Å². The molecule has 0 unspecified atom stereocenters. The summed E-state index contributed by atoms with van der Waals surface area (Å²) in [6.45, 7) is 1.50. The van der Waals surface area contributed by atoms with Crippen LogP contribution < -0.4 is 4.74 Å². The zero-order valence-electron chi connectivity index (χ0n) is 10.6. The molecule has 0 heterocycles. The van der Waals surface area contributed by atoms with E-state index in [4.69, 9.17) is 4.74 Å². The fourth-order valence-corrected chi connectivity index (χ4v) is 1.72. The van der Waals surface area contributed by atoms with E-state index in [0.29, 0.717) is 5.56 Å². The van der Waals surface area contributed by atoms with Crippen molar-refractivity contribution >= 4 is 5.69 Å². The molecule has 0 saturated carbocycles. The number of non-ortho nitro benzene ring substituents is 1. The third kappa shape index (κ3) is 2.92. The predicted molar refractivity (Wildman–Crippen MR) is 70.2 cm³/mol. The molecule has 0 spiro atoms. The van der Waals surface area contributed by atoms with Gasteiger partial charge in [0.2, 0.25) is 0 Å². The Hall–Kier alpha value is -2.47. The van der Waals surface area contributed by atoms with E-state index in [0.717, 1.165) is 0 Å². The van der Waals surface area contributed by atoms with Crippen molar-refractivity contribution in [2.45, 2.75) is 13.0 Å². The summed E-state index contributed by atoms with van der Waals surface area (Å²) >= 11 is 0. The Labute approximate surface area is 114 Å². The van der Waals surface area contributed by atoms with E-state index in [1.54, 1.807) is 6.07 Å². The minimum Gasteiger partial charge on any atom is -0.454 e. The molecule has 0 aliphatic heterocycles. The molecular formula is C14H12FNO4. The Morgan fingerprint density at radius 1 is 1.25 bits per heavy atom. The van der Waals surface area contributed by atoms with E-state index < -0.39 is 16.8 Å². The summed E-state index contributed by atoms with van der Waals surface area (Å²) in [6.07, 6.45) is -0.890. The van der Waals surface area contributed by atoms with Crippen LogP contribution in [0.5, 0.6) is 11.5 Å². The molecule has 0 bridgehead atoms. The smallest absolute Gasteiger partial charge is 0.269 e. The molecular weight excluding hydrogens is 265 g/mol. The maximum atomic E-state index is 13.8. The Morgan fingerprint density at radius 3 is 2.45 bits per heavy atom. The molecule has 5 nitrogen and oxygen atoms in total. The molecule has 2 aromatic carbocycles. The second-order valence-corrected chi connectivity index (χ2v) is 4.19. The SMILES string of the molecule is C[C@@H](O)c1cccc(F)c1Oc1ccc([N+](=O)[O-])cc1. The van der Waals surface area contributed by atoms with Gasteiger partial charge >= 0.3 is 0 Å². The fourth-order valence-electron chi connectivity index (χ4n) is 1.72. The lowest BCUT2D eigenvalue weighted by molar-refractivity contribution is -0.384. The summed E-state index contributed by atoms with van der Waals surface area (Å²) in [5.74, 6) is -0.444. The minimum absolute atomic E-state index is 0.0818. The third-order valence-electron chi connectivity index (χ3n) is 2.71. The summed E-state index contributed by atoms with van der Waals surface area (Å²) in [5, 5.41) is 20.1. The molecule has 0 saturated heterocycles. The van der Waals surface area contributed by atoms with Gasteiger partial charge < -0.3 is 9.84 Å². The minimum atomic E-state index is -0.890. The van der Waals surface area contributed by atoms with Gasteiger partial charge in [-0.1, -0.05) is 12.1 Å². The van der Waals surface area contributed by atoms with Crippen LogP contribution in [0.3, 0.4) is 0 Å². The van der Waals surface area contributed by atoms with Gasteiger partial charge in [0.05, 0.1) is 11.0 Å². The number of aliphatic hydroxyl groups excluding tert-OH is 1. The summed E-state index contributed by atoms with van der Waals surface area (Å²) < 4.78 is 19.1. The molecule has 1 atom stereocenters. The van der Waals surface area contributed by atoms with Crippen LogP contribution in [0.2, 0.25) is 0 Å². The van der Waals surface area contributed by atoms with Gasteiger partial charge in [-0.2, -0.15) is 0 Å². The summed E-state index contributed by atoms with van der Waals surface area (Å²) in [6, 6.07) is 9.50. The van der Waals surface area contributed by atoms with Crippen LogP contribution in [0.1, 0.15) is 18.6 Å². The van der Waals surface area contributed by atoms with Crippen molar-refractivity contribution in [3.05, 3.63) is 64.0 Å². The molecule has 1 N–H and O–H groups in total. The lowest BCUT2D eigenvalue weighted by atomic mass is 10.1. The molecule has 2 rings (SSSR count). The highest BCUT2D eigenvalue weighted by Gasteiger charge is 2.15. The molecule has 6 heteroatoms. The first-order valence-corrected chi connectivity index (χ1v) is 5.88. The van der Waals surface area contributed by atoms with Crippen LogP contribution in [0.25, 0.3) is 0 Å². The van der Waals surface area contributed by atoms with Crippen LogP contribution >= 0.6 is 0 Å². The van der Waals surface area contributed by atoms with Crippen LogP contribution in [-0.2, 0) is 0 Å². The molecule has 0 aliphatic rings. The third-order valence-corrected chi connectivity index (χ3v) is 2.71. The molecule has 0 amide bonds. The van der Waals surface area contributed by atoms with Crippen molar-refractivity contribution in [1.82, 2.24) is 0 Å². The van der Waals surface area contributed by atoms with Gasteiger partial charge in [-0.05, 0) is 25.1 Å². The number of hydrogen-bond acceptors (Lipinski definition) is 4. The van der Waals surface area contributed by atoms with E-state index in [2.05, 4.69) is 0 Å². The van der Waals surface area contributed by atoms with Gasteiger partial charge in [0.1, 0.15) is 5.75 Å². The maximum absolute atomic E-state index is 13.8. The Balaban J connectivity index is 2.32. The highest BCUT2D eigenvalue weighted by molar-refractivity contribution is 5.42. The van der Waals surface area contributed by atoms with Gasteiger partial charge in [-0.3, -0.25) is 10.1 Å². The highest BCUT2D eigenvalue weighted by atomic mass is 19.1. The van der Waals surface area contributed by atoms with Crippen molar-refractivity contribution in [3.8, 4) is 11.5 Å². The van der Waals surface area contributed by atoms with Crippen LogP contribution in [0, 0.1) is 15.9 Å². The van der Waals surface area contributed by atoms with Gasteiger partial charge in [-0.25, -0.2) is 4.39 Å². The van der Waals surface area contributed by atoms with Crippen molar-refractivity contribution in [3.63, 3.8) is 0 Å². The zero-order chi connectivity index (χ0) is 14.7. The van der Waals surface area contributed by atoms with Gasteiger partial charge in [0.25, 0.3) is 5.69 Å². The Bertz CT molecular complexity index is 626. The van der Waals surface area contributed by atoms with E-state index in [-0.39, 0.29) is 17.2 Å². The van der Waals surface area contributed by atoms with Gasteiger partial charge in [0.15, 0.2) is 11.6 Å². The Kier molecular flexibility index (Phi) is 3.95. The quantitative estimate of drug-likeness (QED) is 0.684. The lowest BCUT2D eigenvalue weighted by Gasteiger charge is -2.13. The van der Waals surface area contributed by atoms with Crippen molar-refractivity contribution in [2.24, 2.45) is 0 Å². The number of halogens is 1. The number of hydrogen-bond donors (Lipinski definition) is 1. The van der Waals surface area contributed by atoms with E-state index in [9.17, 15) is 19.6 Å². The molecule has 2 aromatic rings. The fraction of sp³-hybridized carbons (Fsp3) is 0.143. The van der Waals surface area contributed by atoms with E-state index in [1.165, 1.54) is 43.3 Å². The van der Waals surface area contributed by atoms with E-state index >= 15 is 0 Å². The summed E-state index contributed by atoms with van der Waals surface area (Å²) in [5.41, 5.74) is 0.227. The summed E-state index contributed by atoms with van der Waals surface area (Å²) in [4.78, 5) is 10.0. The molecule has 0 fully saturated rings. The normalized spacial score (nSPS) is 11.9. The zero-order valence-corrected chi connectivity index (χ0v) is 10.6. The number of benzene rings is 2. The number of para-hydroxylation sites is 1. The number of rotatable bonds is 4. The van der Waals surface area contributed by atoms with E-state index in [1.807, 2.05) is 0 Å². The maximum Gasteiger partial charge on any atom is 0.269 e. The lowest BCUT2D eigenvalue weighted by Crippen LogP contribution is -1.98. The molecule has 20 heavy (non-hydrogen) atoms. The van der Waals surface area contributed by atoms with Crippen molar-refractivity contribution in [2.75, 3.05) is 0 Å². The first-order chi connectivity index (χ1) is 9.49. The second-order valence-electron chi connectivity index (χ2n) is 4.19. The Morgan fingerprint density at radius 2 is 1.90 bits per heavy atom. The number of ether oxygens (including phenoxy) is 1. The number of nitro benzene ring substituents is 1. The van der Waals surface area contributed by atoms with Crippen LogP contribution in [-0.4, -0.2) is 10.0 Å². The average molecular weight is 277 g/mol. The van der Waals surface area contributed by atoms with Crippen molar-refractivity contribution in [1.29, 1.82) is 0 Å². The number of nitro groups is 1. The average Bonchev–Trinajstić information content (AvgIpc) is 2.41. The van der Waals surface area contributed by atoms with Crippen molar-refractivity contribution < 1.29 is 19.2 Å². The van der Waals surface area contributed by atoms with Crippen LogP contribution in [0.4, 0.5) is 10.1 Å². The highest BCUT2D eigenvalue weighted by Crippen LogP contribution is 2.32. The predicted octanol–water partition coefficient (Wildman–Crippen LogP) is 3.58. The monoisotopic (exact) mass is 277 g/mol. The molecule has 0 aliphatic carbocycles. The van der Waals surface area contributed by atoms with Crippen LogP contribution in [0.15, 0.2) is 42.5 Å². The summed E-state index contributed by atoms with van der Waals surface area (Å²) in [7, 11) is 0. The number of aliphatic hydroxyl groups is 1. The topological polar surface area (TPSA) is 72.6 Å². The number of nitrogens with zero attached hydrogens (tertiary/aromatic N) is 1. The first kappa shape index (κ1) is 14.0.